The van der Waals surface area contributed by atoms with Crippen molar-refractivity contribution < 1.29 is 13.9 Å². The molecule has 3 aromatic rings. The Morgan fingerprint density at radius 2 is 1.97 bits per heavy atom. The Hall–Kier alpha value is -3.61. The van der Waals surface area contributed by atoms with E-state index in [-0.39, 0.29) is 12.1 Å². The lowest BCUT2D eigenvalue weighted by Gasteiger charge is -2.25. The fourth-order valence-electron chi connectivity index (χ4n) is 3.65. The van der Waals surface area contributed by atoms with Gasteiger partial charge < -0.3 is 19.2 Å². The molecule has 152 valence electrons. The van der Waals surface area contributed by atoms with Crippen LogP contribution in [0.5, 0.6) is 11.5 Å². The fraction of sp³-hybridized carbons (Fsp3) is 0.261. The van der Waals surface area contributed by atoms with Crippen molar-refractivity contribution in [2.75, 3.05) is 11.9 Å². The van der Waals surface area contributed by atoms with E-state index in [1.807, 2.05) is 55.5 Å². The van der Waals surface area contributed by atoms with Gasteiger partial charge in [-0.2, -0.15) is 0 Å². The largest absolute Gasteiger partial charge is 0.485 e. The van der Waals surface area contributed by atoms with Crippen LogP contribution in [-0.2, 0) is 0 Å². The van der Waals surface area contributed by atoms with Crippen LogP contribution in [0.4, 0.5) is 5.82 Å². The first kappa shape index (κ1) is 18.4. The topological polar surface area (TPSA) is 81.8 Å². The standard InChI is InChI=1S/C23H22N4O3/c1-3-16-15(17-9-6-10-28-17)12-22(25-16)26-21-11-14(2)24-23(27-21)20-13-29-18-7-4-5-8-19(18)30-20/h4-12,16,20H,3,13H2,1-2H3,(H,24,25,26,27). The third-order valence-electron chi connectivity index (χ3n) is 5.06. The zero-order chi connectivity index (χ0) is 20.5. The van der Waals surface area contributed by atoms with Crippen molar-refractivity contribution in [1.29, 1.82) is 0 Å². The summed E-state index contributed by atoms with van der Waals surface area (Å²) in [5, 5.41) is 3.32. The van der Waals surface area contributed by atoms with E-state index in [9.17, 15) is 0 Å². The van der Waals surface area contributed by atoms with E-state index < -0.39 is 0 Å². The van der Waals surface area contributed by atoms with Crippen LogP contribution in [0.25, 0.3) is 5.57 Å². The van der Waals surface area contributed by atoms with Gasteiger partial charge in [-0.3, -0.25) is 4.99 Å². The van der Waals surface area contributed by atoms with Gasteiger partial charge >= 0.3 is 0 Å². The van der Waals surface area contributed by atoms with Gasteiger partial charge in [0, 0.05) is 17.3 Å². The Bertz CT molecular complexity index is 1120. The molecule has 0 spiro atoms. The molecule has 0 saturated carbocycles. The van der Waals surface area contributed by atoms with Crippen LogP contribution in [0.15, 0.2) is 64.2 Å². The normalized spacial score (nSPS) is 19.9. The van der Waals surface area contributed by atoms with Crippen LogP contribution < -0.4 is 14.8 Å². The number of aryl methyl sites for hydroxylation is 1. The summed E-state index contributed by atoms with van der Waals surface area (Å²) in [6.45, 7) is 4.41. The van der Waals surface area contributed by atoms with Gasteiger partial charge in [0.05, 0.1) is 12.3 Å². The lowest BCUT2D eigenvalue weighted by atomic mass is 10.0. The number of anilines is 1. The first-order valence-corrected chi connectivity index (χ1v) is 10.0. The number of aromatic nitrogens is 2. The van der Waals surface area contributed by atoms with E-state index in [0.29, 0.717) is 24.0 Å². The molecule has 2 aromatic heterocycles. The summed E-state index contributed by atoms with van der Waals surface area (Å²) in [5.74, 6) is 4.28. The first-order valence-electron chi connectivity index (χ1n) is 10.0. The number of furan rings is 1. The van der Waals surface area contributed by atoms with E-state index in [1.54, 1.807) is 6.26 Å². The number of para-hydroxylation sites is 2. The number of nitrogens with zero attached hydrogens (tertiary/aromatic N) is 3. The minimum atomic E-state index is -0.372. The highest BCUT2D eigenvalue weighted by Crippen LogP contribution is 2.35. The molecule has 0 fully saturated rings. The number of hydrogen-bond donors (Lipinski definition) is 1. The average Bonchev–Trinajstić information content (AvgIpc) is 3.42. The van der Waals surface area contributed by atoms with Gasteiger partial charge in [-0.05, 0) is 43.7 Å². The number of aliphatic imine (C=N–C) groups is 1. The molecule has 2 atom stereocenters. The van der Waals surface area contributed by atoms with Gasteiger partial charge in [0.1, 0.15) is 24.0 Å². The van der Waals surface area contributed by atoms with Crippen molar-refractivity contribution in [3.05, 3.63) is 72.1 Å². The number of ether oxygens (including phenoxy) is 2. The summed E-state index contributed by atoms with van der Waals surface area (Å²) in [6, 6.07) is 13.4. The second kappa shape index (κ2) is 7.67. The van der Waals surface area contributed by atoms with Crippen LogP contribution in [0.1, 0.15) is 36.7 Å². The number of benzene rings is 1. The zero-order valence-corrected chi connectivity index (χ0v) is 16.8. The second-order valence-electron chi connectivity index (χ2n) is 7.26. The number of rotatable bonds is 4. The predicted molar refractivity (Wildman–Crippen MR) is 114 cm³/mol. The van der Waals surface area contributed by atoms with Gasteiger partial charge in [-0.25, -0.2) is 9.97 Å². The first-order chi connectivity index (χ1) is 14.7. The molecule has 2 unspecified atom stereocenters. The lowest BCUT2D eigenvalue weighted by molar-refractivity contribution is 0.0850. The van der Waals surface area contributed by atoms with Crippen molar-refractivity contribution in [3.8, 4) is 11.5 Å². The smallest absolute Gasteiger partial charge is 0.192 e. The molecule has 4 heterocycles. The number of hydrogen-bond acceptors (Lipinski definition) is 7. The molecule has 2 aliphatic heterocycles. The van der Waals surface area contributed by atoms with Crippen molar-refractivity contribution in [3.63, 3.8) is 0 Å². The summed E-state index contributed by atoms with van der Waals surface area (Å²) in [7, 11) is 0. The van der Waals surface area contributed by atoms with Gasteiger partial charge in [0.2, 0.25) is 0 Å². The van der Waals surface area contributed by atoms with Crippen molar-refractivity contribution in [2.24, 2.45) is 4.99 Å². The van der Waals surface area contributed by atoms with Gasteiger partial charge in [0.15, 0.2) is 23.4 Å². The van der Waals surface area contributed by atoms with Crippen molar-refractivity contribution in [2.45, 2.75) is 32.4 Å². The summed E-state index contributed by atoms with van der Waals surface area (Å²) >= 11 is 0. The minimum Gasteiger partial charge on any atom is -0.485 e. The quantitative estimate of drug-likeness (QED) is 0.688. The summed E-state index contributed by atoms with van der Waals surface area (Å²) < 4.78 is 17.5. The molecule has 0 radical (unpaired) electrons. The Morgan fingerprint density at radius 3 is 2.77 bits per heavy atom. The SMILES string of the molecule is CCC1N=C(Nc2cc(C)nc(C3COc4ccccc4O3)n2)C=C1c1ccco1. The molecule has 0 aliphatic carbocycles. The molecule has 7 nitrogen and oxygen atoms in total. The van der Waals surface area contributed by atoms with E-state index >= 15 is 0 Å². The molecule has 0 amide bonds. The van der Waals surface area contributed by atoms with Crippen LogP contribution >= 0.6 is 0 Å². The zero-order valence-electron chi connectivity index (χ0n) is 16.8. The van der Waals surface area contributed by atoms with E-state index in [4.69, 9.17) is 18.9 Å². The molecule has 1 aromatic carbocycles. The molecule has 1 N–H and O–H groups in total. The molecular formula is C23H22N4O3. The molecular weight excluding hydrogens is 380 g/mol. The van der Waals surface area contributed by atoms with Crippen LogP contribution in [-0.4, -0.2) is 28.5 Å². The maximum atomic E-state index is 6.07. The van der Waals surface area contributed by atoms with Gasteiger partial charge in [-0.15, -0.1) is 0 Å². The predicted octanol–water partition coefficient (Wildman–Crippen LogP) is 4.58. The molecule has 30 heavy (non-hydrogen) atoms. The number of fused-ring (bicyclic) bond motifs is 1. The number of nitrogens with one attached hydrogen (secondary N) is 1. The highest BCUT2D eigenvalue weighted by Gasteiger charge is 2.26. The van der Waals surface area contributed by atoms with Crippen LogP contribution in [0, 0.1) is 6.92 Å². The maximum Gasteiger partial charge on any atom is 0.192 e. The second-order valence-corrected chi connectivity index (χ2v) is 7.26. The van der Waals surface area contributed by atoms with E-state index in [1.165, 1.54) is 0 Å². The molecule has 2 aliphatic rings. The van der Waals surface area contributed by atoms with Crippen molar-refractivity contribution >= 4 is 17.2 Å². The van der Waals surface area contributed by atoms with E-state index in [0.717, 1.165) is 35.0 Å². The molecule has 0 saturated heterocycles. The summed E-state index contributed by atoms with van der Waals surface area (Å²) in [4.78, 5) is 14.0. The fourth-order valence-corrected chi connectivity index (χ4v) is 3.65. The molecule has 0 bridgehead atoms. The molecule has 7 heteroatoms. The third-order valence-corrected chi connectivity index (χ3v) is 5.06. The summed E-state index contributed by atoms with van der Waals surface area (Å²) in [6.07, 6.45) is 4.21. The Kier molecular flexibility index (Phi) is 4.71. The average molecular weight is 402 g/mol. The monoisotopic (exact) mass is 402 g/mol. The van der Waals surface area contributed by atoms with E-state index in [2.05, 4.69) is 22.2 Å². The molecule has 5 rings (SSSR count). The van der Waals surface area contributed by atoms with Gasteiger partial charge in [-0.1, -0.05) is 19.1 Å². The third kappa shape index (κ3) is 3.54. The van der Waals surface area contributed by atoms with Crippen molar-refractivity contribution in [1.82, 2.24) is 9.97 Å². The Labute approximate surface area is 174 Å². The maximum absolute atomic E-state index is 6.07. The van der Waals surface area contributed by atoms with Crippen LogP contribution in [0.3, 0.4) is 0 Å². The Morgan fingerprint density at radius 1 is 1.10 bits per heavy atom. The Balaban J connectivity index is 1.38. The highest BCUT2D eigenvalue weighted by atomic mass is 16.6. The highest BCUT2D eigenvalue weighted by molar-refractivity contribution is 6.10. The van der Waals surface area contributed by atoms with Crippen LogP contribution in [0.2, 0.25) is 0 Å². The summed E-state index contributed by atoms with van der Waals surface area (Å²) in [5.41, 5.74) is 1.91. The van der Waals surface area contributed by atoms with Gasteiger partial charge in [0.25, 0.3) is 0 Å². The lowest BCUT2D eigenvalue weighted by Crippen LogP contribution is -2.24. The minimum absolute atomic E-state index is 0.0626. The number of amidine groups is 1.